The molecule has 0 saturated heterocycles. The molecule has 7 heteroatoms. The van der Waals surface area contributed by atoms with E-state index in [1.165, 1.54) is 20.1 Å². The molecule has 0 bridgehead atoms. The van der Waals surface area contributed by atoms with Crippen LogP contribution in [0.4, 0.5) is 0 Å². The number of benzene rings is 2. The maximum absolute atomic E-state index is 13.4. The second-order valence-electron chi connectivity index (χ2n) is 9.04. The molecule has 36 heavy (non-hydrogen) atoms. The van der Waals surface area contributed by atoms with Crippen LogP contribution in [0, 0.1) is 12.8 Å². The molecule has 0 spiro atoms. The first-order chi connectivity index (χ1) is 17.2. The molecule has 0 unspecified atom stereocenters. The van der Waals surface area contributed by atoms with Crippen LogP contribution < -0.4 is 9.47 Å². The van der Waals surface area contributed by atoms with E-state index in [-0.39, 0.29) is 17.9 Å². The third-order valence-corrected chi connectivity index (χ3v) is 6.39. The number of hydrogen-bond acceptors (Lipinski definition) is 7. The summed E-state index contributed by atoms with van der Waals surface area (Å²) in [7, 11) is 1.45. The molecule has 3 atom stereocenters. The first-order valence-corrected chi connectivity index (χ1v) is 11.8. The van der Waals surface area contributed by atoms with Crippen molar-refractivity contribution in [1.82, 2.24) is 0 Å². The number of methoxy groups -OCH3 is 1. The first-order valence-electron chi connectivity index (χ1n) is 11.8. The average Bonchev–Trinajstić information content (AvgIpc) is 2.86. The summed E-state index contributed by atoms with van der Waals surface area (Å²) in [5.74, 6) is -0.328. The average molecular weight is 491 g/mol. The van der Waals surface area contributed by atoms with Crippen molar-refractivity contribution in [3.63, 3.8) is 0 Å². The minimum absolute atomic E-state index is 0.158. The number of esters is 1. The summed E-state index contributed by atoms with van der Waals surface area (Å²) in [5, 5.41) is 11.0. The summed E-state index contributed by atoms with van der Waals surface area (Å²) in [4.78, 5) is 26.1. The highest BCUT2D eigenvalue weighted by Gasteiger charge is 2.51. The molecule has 1 aliphatic heterocycles. The van der Waals surface area contributed by atoms with Crippen molar-refractivity contribution in [2.45, 2.75) is 39.1 Å². The molecule has 188 valence electrons. The molecule has 1 heterocycles. The van der Waals surface area contributed by atoms with Gasteiger partial charge in [-0.15, -0.1) is 0 Å². The Balaban J connectivity index is 1.58. The Kier molecular flexibility index (Phi) is 7.31. The lowest BCUT2D eigenvalue weighted by molar-refractivity contribution is -0.151. The molecule has 4 rings (SSSR count). The Labute approximate surface area is 210 Å². The Bertz CT molecular complexity index is 1240. The van der Waals surface area contributed by atoms with Gasteiger partial charge in [0.1, 0.15) is 35.5 Å². The number of ketones is 1. The van der Waals surface area contributed by atoms with Gasteiger partial charge < -0.3 is 24.1 Å². The fraction of sp³-hybridized carbons (Fsp3) is 0.310. The van der Waals surface area contributed by atoms with E-state index in [1.54, 1.807) is 31.2 Å². The van der Waals surface area contributed by atoms with Crippen molar-refractivity contribution in [3.8, 4) is 11.5 Å². The smallest absolute Gasteiger partial charge is 0.342 e. The molecule has 1 N–H and O–H groups in total. The molecule has 0 fully saturated rings. The van der Waals surface area contributed by atoms with Crippen molar-refractivity contribution in [1.29, 1.82) is 0 Å². The summed E-state index contributed by atoms with van der Waals surface area (Å²) in [6, 6.07) is 13.1. The van der Waals surface area contributed by atoms with E-state index in [0.29, 0.717) is 29.3 Å². The summed E-state index contributed by atoms with van der Waals surface area (Å²) in [5.41, 5.74) is 0.531. The Morgan fingerprint density at radius 2 is 1.97 bits per heavy atom. The second kappa shape index (κ2) is 10.4. The van der Waals surface area contributed by atoms with E-state index >= 15 is 0 Å². The van der Waals surface area contributed by atoms with Gasteiger partial charge in [0.25, 0.3) is 0 Å². The molecular weight excluding hydrogens is 460 g/mol. The number of aliphatic hydroxyl groups is 1. The predicted molar refractivity (Wildman–Crippen MR) is 134 cm³/mol. The van der Waals surface area contributed by atoms with Crippen LogP contribution in [0.5, 0.6) is 11.5 Å². The lowest BCUT2D eigenvalue weighted by Gasteiger charge is -2.41. The van der Waals surface area contributed by atoms with Gasteiger partial charge in [-0.1, -0.05) is 36.4 Å². The highest BCUT2D eigenvalue weighted by Crippen LogP contribution is 2.39. The number of carbonyl (C=O) groups excluding carboxylic acids is 2. The predicted octanol–water partition coefficient (Wildman–Crippen LogP) is 4.47. The molecule has 0 radical (unpaired) electrons. The van der Waals surface area contributed by atoms with Gasteiger partial charge in [0.15, 0.2) is 11.4 Å². The van der Waals surface area contributed by atoms with Gasteiger partial charge in [-0.2, -0.15) is 0 Å². The zero-order valence-corrected chi connectivity index (χ0v) is 20.8. The monoisotopic (exact) mass is 490 g/mol. The third-order valence-electron chi connectivity index (χ3n) is 6.39. The molecule has 2 aliphatic rings. The summed E-state index contributed by atoms with van der Waals surface area (Å²) in [6.45, 7) is 5.49. The van der Waals surface area contributed by atoms with Crippen LogP contribution in [-0.4, -0.2) is 42.3 Å². The maximum atomic E-state index is 13.4. The van der Waals surface area contributed by atoms with Crippen LogP contribution in [0.25, 0.3) is 0 Å². The van der Waals surface area contributed by atoms with Crippen LogP contribution in [0.3, 0.4) is 0 Å². The number of hydrogen-bond donors (Lipinski definition) is 1. The maximum Gasteiger partial charge on any atom is 0.342 e. The lowest BCUT2D eigenvalue weighted by Crippen LogP contribution is -2.56. The third kappa shape index (κ3) is 5.06. The highest BCUT2D eigenvalue weighted by molar-refractivity contribution is 6.00. The lowest BCUT2D eigenvalue weighted by atomic mass is 9.75. The van der Waals surface area contributed by atoms with Crippen molar-refractivity contribution in [2.75, 3.05) is 13.7 Å². The van der Waals surface area contributed by atoms with Gasteiger partial charge in [0.05, 0.1) is 19.6 Å². The number of rotatable bonds is 7. The van der Waals surface area contributed by atoms with Gasteiger partial charge in [0.2, 0.25) is 0 Å². The molecule has 2 aromatic carbocycles. The molecule has 0 aromatic heterocycles. The van der Waals surface area contributed by atoms with Crippen LogP contribution in [0.1, 0.15) is 35.3 Å². The molecule has 1 aliphatic carbocycles. The summed E-state index contributed by atoms with van der Waals surface area (Å²) >= 11 is 0. The molecular formula is C29H30O7. The topological polar surface area (TPSA) is 91.3 Å². The minimum atomic E-state index is -1.90. The molecule has 7 nitrogen and oxygen atoms in total. The Hall–Kier alpha value is -3.84. The van der Waals surface area contributed by atoms with Crippen molar-refractivity contribution in [3.05, 3.63) is 94.8 Å². The Morgan fingerprint density at radius 1 is 1.22 bits per heavy atom. The minimum Gasteiger partial charge on any atom is -0.496 e. The number of allylic oxidation sites excluding steroid dienone is 3. The first kappa shape index (κ1) is 25.3. The summed E-state index contributed by atoms with van der Waals surface area (Å²) < 4.78 is 23.0. The quantitative estimate of drug-likeness (QED) is 0.573. The van der Waals surface area contributed by atoms with E-state index in [1.807, 2.05) is 43.3 Å². The van der Waals surface area contributed by atoms with E-state index in [2.05, 4.69) is 0 Å². The van der Waals surface area contributed by atoms with Crippen LogP contribution in [0.15, 0.2) is 78.1 Å². The van der Waals surface area contributed by atoms with Gasteiger partial charge in [-0.05, 0) is 61.8 Å². The van der Waals surface area contributed by atoms with Gasteiger partial charge in [0, 0.05) is 6.07 Å². The highest BCUT2D eigenvalue weighted by atomic mass is 16.6. The van der Waals surface area contributed by atoms with E-state index < -0.39 is 29.4 Å². The number of ether oxygens (including phenoxy) is 4. The molecule has 0 amide bonds. The Morgan fingerprint density at radius 3 is 2.67 bits per heavy atom. The molecule has 2 aromatic rings. The van der Waals surface area contributed by atoms with Crippen LogP contribution in [0.2, 0.25) is 0 Å². The number of aryl methyl sites for hydroxylation is 1. The van der Waals surface area contributed by atoms with E-state index in [9.17, 15) is 14.7 Å². The van der Waals surface area contributed by atoms with Crippen molar-refractivity contribution in [2.24, 2.45) is 5.92 Å². The normalized spacial score (nSPS) is 23.3. The van der Waals surface area contributed by atoms with Crippen molar-refractivity contribution < 1.29 is 33.6 Å². The van der Waals surface area contributed by atoms with Gasteiger partial charge in [-0.25, -0.2) is 4.79 Å². The number of carbonyl (C=O) groups is 2. The van der Waals surface area contributed by atoms with Crippen LogP contribution in [-0.2, 0) is 20.9 Å². The zero-order chi connectivity index (χ0) is 25.9. The van der Waals surface area contributed by atoms with E-state index in [0.717, 1.165) is 5.56 Å². The standard InChI is InChI=1S/C29H30O7/c1-5-9-21-13-20-14-25(30)29(3,32)27(23(20)17-35-21)36-28(31)26-18(2)12-22(15-24(26)33-4)34-16-19-10-7-6-8-11-19/h5-15,23,27,32H,16-17H2,1-4H3/b9-5+/t23-,27+,29-/m1/s1. The van der Waals surface area contributed by atoms with E-state index in [4.69, 9.17) is 18.9 Å². The van der Waals surface area contributed by atoms with Crippen LogP contribution >= 0.6 is 0 Å². The zero-order valence-electron chi connectivity index (χ0n) is 20.8. The fourth-order valence-corrected chi connectivity index (χ4v) is 4.44. The largest absolute Gasteiger partial charge is 0.496 e. The molecule has 0 saturated carbocycles. The van der Waals surface area contributed by atoms with Gasteiger partial charge in [-0.3, -0.25) is 4.79 Å². The fourth-order valence-electron chi connectivity index (χ4n) is 4.44. The van der Waals surface area contributed by atoms with Crippen molar-refractivity contribution >= 4 is 11.8 Å². The SMILES string of the molecule is C/C=C/C1=CC2=CC(=O)[C@@](C)(O)[C@@H](OC(=O)c3c(C)cc(OCc4ccccc4)cc3OC)[C@@H]2CO1. The van der Waals surface area contributed by atoms with Gasteiger partial charge >= 0.3 is 5.97 Å². The second-order valence-corrected chi connectivity index (χ2v) is 9.04. The summed E-state index contributed by atoms with van der Waals surface area (Å²) in [6.07, 6.45) is 5.59. The number of fused-ring (bicyclic) bond motifs is 1.